The Morgan fingerprint density at radius 1 is 1.45 bits per heavy atom. The number of nitrogens with zero attached hydrogens (tertiary/aromatic N) is 1. The molecule has 2 fully saturated rings. The number of halogens is 1. The first-order valence-electron chi connectivity index (χ1n) is 9.89. The lowest BCUT2D eigenvalue weighted by Gasteiger charge is -2.35. The second-order valence-electron chi connectivity index (χ2n) is 7.67. The zero-order valence-electron chi connectivity index (χ0n) is 16.6. The fraction of sp³-hybridized carbons (Fsp3) is 0.600. The third-order valence-corrected chi connectivity index (χ3v) is 5.57. The van der Waals surface area contributed by atoms with Crippen LogP contribution in [0.3, 0.4) is 0 Å². The Kier molecular flexibility index (Phi) is 6.92. The molecular formula is C20H28FN3O5. The zero-order valence-corrected chi connectivity index (χ0v) is 16.6. The molecule has 8 nitrogen and oxygen atoms in total. The lowest BCUT2D eigenvalue weighted by atomic mass is 9.77. The van der Waals surface area contributed by atoms with E-state index >= 15 is 0 Å². The van der Waals surface area contributed by atoms with Gasteiger partial charge in [0.1, 0.15) is 6.10 Å². The van der Waals surface area contributed by atoms with Crippen LogP contribution in [0.5, 0.6) is 5.75 Å². The molecule has 0 aliphatic carbocycles. The number of ether oxygens (including phenoxy) is 2. The van der Waals surface area contributed by atoms with Crippen molar-refractivity contribution >= 4 is 17.7 Å². The van der Waals surface area contributed by atoms with Gasteiger partial charge in [0.2, 0.25) is 5.91 Å². The van der Waals surface area contributed by atoms with Gasteiger partial charge in [-0.05, 0) is 49.9 Å². The van der Waals surface area contributed by atoms with Crippen LogP contribution in [0.2, 0.25) is 0 Å². The number of aliphatic hydroxyl groups excluding tert-OH is 1. The molecule has 2 saturated heterocycles. The highest BCUT2D eigenvalue weighted by Gasteiger charge is 2.33. The van der Waals surface area contributed by atoms with E-state index in [1.54, 1.807) is 6.07 Å². The second kappa shape index (κ2) is 9.41. The summed E-state index contributed by atoms with van der Waals surface area (Å²) in [6, 6.07) is 4.34. The molecule has 0 bridgehead atoms. The van der Waals surface area contributed by atoms with Crippen LogP contribution in [0.4, 0.5) is 14.9 Å². The van der Waals surface area contributed by atoms with E-state index in [9.17, 15) is 19.1 Å². The highest BCUT2D eigenvalue weighted by molar-refractivity contribution is 5.89. The van der Waals surface area contributed by atoms with E-state index in [0.29, 0.717) is 18.7 Å². The largest absolute Gasteiger partial charge is 0.490 e. The first-order chi connectivity index (χ1) is 13.9. The predicted molar refractivity (Wildman–Crippen MR) is 104 cm³/mol. The monoisotopic (exact) mass is 409 g/mol. The summed E-state index contributed by atoms with van der Waals surface area (Å²) in [6.07, 6.45) is 1.32. The van der Waals surface area contributed by atoms with Crippen molar-refractivity contribution in [3.63, 3.8) is 0 Å². The van der Waals surface area contributed by atoms with Gasteiger partial charge >= 0.3 is 6.09 Å². The highest BCUT2D eigenvalue weighted by atomic mass is 19.1. The van der Waals surface area contributed by atoms with E-state index < -0.39 is 18.0 Å². The summed E-state index contributed by atoms with van der Waals surface area (Å²) in [5.74, 6) is -0.665. The molecule has 9 heteroatoms. The number of cyclic esters (lactones) is 1. The Labute approximate surface area is 169 Å². The molecule has 1 atom stereocenters. The Balaban J connectivity index is 1.56. The number of hydrogen-bond donors (Lipinski definition) is 3. The van der Waals surface area contributed by atoms with Crippen molar-refractivity contribution in [3.05, 3.63) is 24.0 Å². The molecule has 2 aliphatic rings. The smallest absolute Gasteiger partial charge is 0.414 e. The Morgan fingerprint density at radius 2 is 2.21 bits per heavy atom. The predicted octanol–water partition coefficient (Wildman–Crippen LogP) is 1.42. The lowest BCUT2D eigenvalue weighted by Crippen LogP contribution is -2.40. The SMILES string of the molecule is CC(=O)NCC1CN(c2ccc(OCCC3(CO)CCNCC3)c(F)c2)C(=O)O1. The molecule has 1 unspecified atom stereocenters. The van der Waals surface area contributed by atoms with Crippen molar-refractivity contribution in [2.45, 2.75) is 32.3 Å². The van der Waals surface area contributed by atoms with Crippen LogP contribution in [0.25, 0.3) is 0 Å². The zero-order chi connectivity index (χ0) is 20.9. The fourth-order valence-corrected chi connectivity index (χ4v) is 3.69. The van der Waals surface area contributed by atoms with Gasteiger partial charge in [0.15, 0.2) is 11.6 Å². The first-order valence-corrected chi connectivity index (χ1v) is 9.89. The number of piperidine rings is 1. The standard InChI is InChI=1S/C20H28FN3O5/c1-14(26)23-11-16-12-24(19(27)29-16)15-2-3-18(17(21)10-15)28-9-6-20(13-25)4-7-22-8-5-20/h2-3,10,16,22,25H,4-9,11-13H2,1H3,(H,23,26). The summed E-state index contributed by atoms with van der Waals surface area (Å²) >= 11 is 0. The van der Waals surface area contributed by atoms with Crippen LogP contribution in [-0.2, 0) is 9.53 Å². The van der Waals surface area contributed by atoms with E-state index in [1.807, 2.05) is 0 Å². The van der Waals surface area contributed by atoms with Crippen LogP contribution in [0.15, 0.2) is 18.2 Å². The minimum atomic E-state index is -0.579. The summed E-state index contributed by atoms with van der Waals surface area (Å²) in [4.78, 5) is 24.4. The van der Waals surface area contributed by atoms with Crippen LogP contribution in [0, 0.1) is 11.2 Å². The number of rotatable bonds is 8. The van der Waals surface area contributed by atoms with Gasteiger partial charge in [-0.2, -0.15) is 0 Å². The number of nitrogens with one attached hydrogen (secondary N) is 2. The molecule has 3 rings (SSSR count). The van der Waals surface area contributed by atoms with Crippen molar-refractivity contribution in [2.75, 3.05) is 44.3 Å². The van der Waals surface area contributed by atoms with Gasteiger partial charge in [-0.1, -0.05) is 0 Å². The van der Waals surface area contributed by atoms with E-state index in [-0.39, 0.29) is 36.8 Å². The van der Waals surface area contributed by atoms with E-state index in [0.717, 1.165) is 25.9 Å². The van der Waals surface area contributed by atoms with Gasteiger partial charge < -0.3 is 25.2 Å². The molecule has 2 heterocycles. The summed E-state index contributed by atoms with van der Waals surface area (Å²) in [6.45, 7) is 3.94. The molecule has 160 valence electrons. The summed E-state index contributed by atoms with van der Waals surface area (Å²) in [7, 11) is 0. The minimum absolute atomic E-state index is 0.0934. The number of anilines is 1. The van der Waals surface area contributed by atoms with Gasteiger partial charge in [-0.15, -0.1) is 0 Å². The number of carbonyl (C=O) groups excluding carboxylic acids is 2. The summed E-state index contributed by atoms with van der Waals surface area (Å²) in [5.41, 5.74) is 0.194. The van der Waals surface area contributed by atoms with Crippen molar-refractivity contribution < 1.29 is 28.6 Å². The third kappa shape index (κ3) is 5.36. The van der Waals surface area contributed by atoms with Crippen LogP contribution in [-0.4, -0.2) is 62.6 Å². The average Bonchev–Trinajstić information content (AvgIpc) is 3.09. The maximum atomic E-state index is 14.5. The van der Waals surface area contributed by atoms with Gasteiger partial charge in [0.25, 0.3) is 0 Å². The normalized spacial score (nSPS) is 21.0. The highest BCUT2D eigenvalue weighted by Crippen LogP contribution is 2.33. The lowest BCUT2D eigenvalue weighted by molar-refractivity contribution is -0.119. The Hall–Kier alpha value is -2.39. The number of aliphatic hydroxyl groups is 1. The molecule has 1 aromatic rings. The number of amides is 2. The number of benzene rings is 1. The molecule has 1 aromatic carbocycles. The third-order valence-electron chi connectivity index (χ3n) is 5.57. The van der Waals surface area contributed by atoms with Crippen molar-refractivity contribution in [3.8, 4) is 5.75 Å². The van der Waals surface area contributed by atoms with Crippen LogP contribution in [0.1, 0.15) is 26.2 Å². The quantitative estimate of drug-likeness (QED) is 0.601. The molecule has 3 N–H and O–H groups in total. The molecule has 0 aromatic heterocycles. The minimum Gasteiger partial charge on any atom is -0.490 e. The molecule has 0 radical (unpaired) electrons. The first kappa shape index (κ1) is 21.3. The maximum absolute atomic E-state index is 14.5. The number of hydrogen-bond acceptors (Lipinski definition) is 6. The molecule has 29 heavy (non-hydrogen) atoms. The average molecular weight is 409 g/mol. The maximum Gasteiger partial charge on any atom is 0.414 e. The Bertz CT molecular complexity index is 739. The molecule has 2 amide bonds. The van der Waals surface area contributed by atoms with Gasteiger partial charge in [0, 0.05) is 19.6 Å². The fourth-order valence-electron chi connectivity index (χ4n) is 3.69. The van der Waals surface area contributed by atoms with Crippen LogP contribution < -0.4 is 20.3 Å². The van der Waals surface area contributed by atoms with Gasteiger partial charge in [0.05, 0.1) is 25.4 Å². The van der Waals surface area contributed by atoms with E-state index in [4.69, 9.17) is 9.47 Å². The topological polar surface area (TPSA) is 100 Å². The number of carbonyl (C=O) groups is 2. The summed E-state index contributed by atoms with van der Waals surface area (Å²) < 4.78 is 25.3. The van der Waals surface area contributed by atoms with Gasteiger partial charge in [-0.25, -0.2) is 9.18 Å². The Morgan fingerprint density at radius 3 is 2.86 bits per heavy atom. The van der Waals surface area contributed by atoms with Crippen LogP contribution >= 0.6 is 0 Å². The summed E-state index contributed by atoms with van der Waals surface area (Å²) in [5, 5.41) is 15.6. The second-order valence-corrected chi connectivity index (χ2v) is 7.67. The molecule has 0 saturated carbocycles. The van der Waals surface area contributed by atoms with Crippen molar-refractivity contribution in [2.24, 2.45) is 5.41 Å². The molecule has 2 aliphatic heterocycles. The van der Waals surface area contributed by atoms with Crippen molar-refractivity contribution in [1.29, 1.82) is 0 Å². The van der Waals surface area contributed by atoms with E-state index in [2.05, 4.69) is 10.6 Å². The van der Waals surface area contributed by atoms with Crippen molar-refractivity contribution in [1.82, 2.24) is 10.6 Å². The van der Waals surface area contributed by atoms with E-state index in [1.165, 1.54) is 24.0 Å². The molecule has 0 spiro atoms. The molecular weight excluding hydrogens is 381 g/mol. The van der Waals surface area contributed by atoms with Gasteiger partial charge in [-0.3, -0.25) is 9.69 Å².